The summed E-state index contributed by atoms with van der Waals surface area (Å²) < 4.78 is 4.79. The summed E-state index contributed by atoms with van der Waals surface area (Å²) in [6.45, 7) is 2.14. The molecule has 59 heavy (non-hydrogen) atoms. The van der Waals surface area contributed by atoms with Crippen molar-refractivity contribution in [2.45, 2.75) is 6.92 Å². The van der Waals surface area contributed by atoms with Gasteiger partial charge in [0.05, 0.1) is 33.3 Å². The van der Waals surface area contributed by atoms with Gasteiger partial charge in [-0.3, -0.25) is 0 Å². The molecule has 0 aliphatic heterocycles. The summed E-state index contributed by atoms with van der Waals surface area (Å²) in [5.41, 5.74) is 14.6. The van der Waals surface area contributed by atoms with Gasteiger partial charge in [-0.1, -0.05) is 127 Å². The zero-order chi connectivity index (χ0) is 39.0. The van der Waals surface area contributed by atoms with E-state index in [0.29, 0.717) is 5.82 Å². The molecular formula is C55H36N4. The molecule has 0 aliphatic rings. The molecule has 3 heterocycles. The van der Waals surface area contributed by atoms with Gasteiger partial charge < -0.3 is 9.13 Å². The number of aryl methyl sites for hydroxylation is 1. The van der Waals surface area contributed by atoms with Gasteiger partial charge in [0.2, 0.25) is 0 Å². The van der Waals surface area contributed by atoms with Crippen LogP contribution in [0.3, 0.4) is 0 Å². The number of nitrogens with zero attached hydrogens (tertiary/aromatic N) is 4. The predicted octanol–water partition coefficient (Wildman–Crippen LogP) is 14.3. The third-order valence-electron chi connectivity index (χ3n) is 12.0. The second-order valence-corrected chi connectivity index (χ2v) is 15.5. The van der Waals surface area contributed by atoms with Gasteiger partial charge in [-0.05, 0) is 108 Å². The van der Waals surface area contributed by atoms with Crippen LogP contribution in [0.5, 0.6) is 0 Å². The van der Waals surface area contributed by atoms with E-state index in [4.69, 9.17) is 9.97 Å². The fraction of sp³-hybridized carbons (Fsp3) is 0.0182. The molecule has 0 atom stereocenters. The molecule has 9 aromatic carbocycles. The van der Waals surface area contributed by atoms with Crippen LogP contribution in [0.1, 0.15) is 5.56 Å². The number of fused-ring (bicyclic) bond motifs is 9. The summed E-state index contributed by atoms with van der Waals surface area (Å²) in [7, 11) is 0. The normalized spacial score (nSPS) is 11.8. The smallest absolute Gasteiger partial charge is 0.160 e. The van der Waals surface area contributed by atoms with Crippen LogP contribution in [0.2, 0.25) is 0 Å². The highest BCUT2D eigenvalue weighted by Crippen LogP contribution is 2.41. The summed E-state index contributed by atoms with van der Waals surface area (Å²) in [5, 5.41) is 8.55. The fourth-order valence-corrected chi connectivity index (χ4v) is 9.15. The molecule has 0 fully saturated rings. The van der Waals surface area contributed by atoms with E-state index in [2.05, 4.69) is 198 Å². The van der Waals surface area contributed by atoms with Crippen molar-refractivity contribution in [3.8, 4) is 45.1 Å². The largest absolute Gasteiger partial charge is 0.309 e. The van der Waals surface area contributed by atoms with Gasteiger partial charge in [-0.25, -0.2) is 9.97 Å². The van der Waals surface area contributed by atoms with Gasteiger partial charge in [0, 0.05) is 49.4 Å². The highest BCUT2D eigenvalue weighted by atomic mass is 15.0. The fourth-order valence-electron chi connectivity index (χ4n) is 9.15. The van der Waals surface area contributed by atoms with Crippen LogP contribution < -0.4 is 0 Å². The summed E-state index contributed by atoms with van der Waals surface area (Å²) in [6, 6.07) is 72.1. The van der Waals surface area contributed by atoms with Crippen LogP contribution in [0, 0.1) is 6.92 Å². The Bertz CT molecular complexity index is 3590. The average molecular weight is 753 g/mol. The van der Waals surface area contributed by atoms with Crippen molar-refractivity contribution in [1.82, 2.24) is 19.1 Å². The van der Waals surface area contributed by atoms with E-state index in [1.54, 1.807) is 0 Å². The third-order valence-corrected chi connectivity index (χ3v) is 12.0. The van der Waals surface area contributed by atoms with E-state index in [9.17, 15) is 0 Å². The van der Waals surface area contributed by atoms with Crippen LogP contribution in [0.15, 0.2) is 200 Å². The first-order valence-corrected chi connectivity index (χ1v) is 20.2. The Morgan fingerprint density at radius 3 is 1.69 bits per heavy atom. The van der Waals surface area contributed by atoms with E-state index in [-0.39, 0.29) is 0 Å². The van der Waals surface area contributed by atoms with E-state index < -0.39 is 0 Å². The van der Waals surface area contributed by atoms with Crippen molar-refractivity contribution in [3.05, 3.63) is 206 Å². The molecule has 0 unspecified atom stereocenters. The summed E-state index contributed by atoms with van der Waals surface area (Å²) >= 11 is 0. The van der Waals surface area contributed by atoms with Crippen LogP contribution in [-0.2, 0) is 0 Å². The Labute approximate surface area is 340 Å². The predicted molar refractivity (Wildman–Crippen MR) is 247 cm³/mol. The second kappa shape index (κ2) is 13.1. The van der Waals surface area contributed by atoms with Crippen molar-refractivity contribution >= 4 is 65.3 Å². The first-order chi connectivity index (χ1) is 29.2. The summed E-state index contributed by atoms with van der Waals surface area (Å²) in [4.78, 5) is 10.1. The molecule has 0 saturated carbocycles. The maximum Gasteiger partial charge on any atom is 0.160 e. The van der Waals surface area contributed by atoms with Crippen LogP contribution in [0.25, 0.3) is 110 Å². The number of benzene rings is 9. The molecule has 0 aliphatic carbocycles. The van der Waals surface area contributed by atoms with Gasteiger partial charge in [0.1, 0.15) is 0 Å². The van der Waals surface area contributed by atoms with Gasteiger partial charge in [-0.15, -0.1) is 0 Å². The molecule has 4 heteroatoms. The van der Waals surface area contributed by atoms with E-state index in [1.807, 2.05) is 18.2 Å². The lowest BCUT2D eigenvalue weighted by molar-refractivity contribution is 1.17. The minimum atomic E-state index is 0.716. The highest BCUT2D eigenvalue weighted by Gasteiger charge is 2.18. The van der Waals surface area contributed by atoms with Crippen molar-refractivity contribution in [1.29, 1.82) is 0 Å². The Kier molecular flexibility index (Phi) is 7.41. The van der Waals surface area contributed by atoms with Crippen LogP contribution in [-0.4, -0.2) is 19.1 Å². The molecule has 12 rings (SSSR count). The molecule has 0 radical (unpaired) electrons. The number of para-hydroxylation sites is 2. The Balaban J connectivity index is 0.986. The third kappa shape index (κ3) is 5.30. The molecule has 3 aromatic heterocycles. The number of hydrogen-bond acceptors (Lipinski definition) is 2. The minimum absolute atomic E-state index is 0.716. The monoisotopic (exact) mass is 752 g/mol. The standard InChI is InChI=1S/C55H36N4/c1-35-19-26-41(27-20-35)59-51-31-25-40(34-47(51)53-43-14-6-5-11-36(43)23-32-52(53)59)39-24-30-50-46(33-39)44-15-8-10-18-49(44)58(50)42-28-21-38(22-29-42)55-56-48-17-9-7-16-45(48)54(57-55)37-12-3-2-4-13-37/h2-34H,1H3. The highest BCUT2D eigenvalue weighted by molar-refractivity contribution is 6.22. The number of aromatic nitrogens is 4. The minimum Gasteiger partial charge on any atom is -0.309 e. The quantitative estimate of drug-likeness (QED) is 0.175. The Hall–Kier alpha value is -7.82. The van der Waals surface area contributed by atoms with Crippen molar-refractivity contribution in [3.63, 3.8) is 0 Å². The molecule has 12 aromatic rings. The molecule has 0 saturated heterocycles. The van der Waals surface area contributed by atoms with E-state index in [0.717, 1.165) is 33.4 Å². The SMILES string of the molecule is Cc1ccc(-n2c3ccc(-c4ccc5c(c4)c4ccccc4n5-c4ccc(-c5nc(-c6ccccc6)c6ccccc6n5)cc4)cc3c3c4ccccc4ccc32)cc1. The maximum absolute atomic E-state index is 5.12. The van der Waals surface area contributed by atoms with Gasteiger partial charge >= 0.3 is 0 Å². The number of hydrogen-bond donors (Lipinski definition) is 0. The molecule has 276 valence electrons. The van der Waals surface area contributed by atoms with Crippen LogP contribution >= 0.6 is 0 Å². The van der Waals surface area contributed by atoms with Crippen molar-refractivity contribution < 1.29 is 0 Å². The van der Waals surface area contributed by atoms with Crippen molar-refractivity contribution in [2.75, 3.05) is 0 Å². The Morgan fingerprint density at radius 1 is 0.356 bits per heavy atom. The van der Waals surface area contributed by atoms with Gasteiger partial charge in [0.15, 0.2) is 5.82 Å². The van der Waals surface area contributed by atoms with Gasteiger partial charge in [-0.2, -0.15) is 0 Å². The summed E-state index contributed by atoms with van der Waals surface area (Å²) in [5.74, 6) is 0.716. The maximum atomic E-state index is 5.12. The lowest BCUT2D eigenvalue weighted by atomic mass is 9.99. The first-order valence-electron chi connectivity index (χ1n) is 20.2. The molecule has 0 bridgehead atoms. The number of rotatable bonds is 5. The zero-order valence-electron chi connectivity index (χ0n) is 32.3. The Morgan fingerprint density at radius 2 is 0.915 bits per heavy atom. The first kappa shape index (κ1) is 33.3. The molecule has 4 nitrogen and oxygen atoms in total. The second-order valence-electron chi connectivity index (χ2n) is 15.5. The molecule has 0 N–H and O–H groups in total. The molecule has 0 amide bonds. The van der Waals surface area contributed by atoms with Crippen LogP contribution in [0.4, 0.5) is 0 Å². The van der Waals surface area contributed by atoms with Crippen molar-refractivity contribution in [2.24, 2.45) is 0 Å². The van der Waals surface area contributed by atoms with E-state index in [1.165, 1.54) is 76.8 Å². The molecular weight excluding hydrogens is 717 g/mol. The molecule has 0 spiro atoms. The average Bonchev–Trinajstić information content (AvgIpc) is 3.82. The lowest BCUT2D eigenvalue weighted by Crippen LogP contribution is -1.97. The van der Waals surface area contributed by atoms with E-state index >= 15 is 0 Å². The summed E-state index contributed by atoms with van der Waals surface area (Å²) in [6.07, 6.45) is 0. The topological polar surface area (TPSA) is 35.6 Å². The zero-order valence-corrected chi connectivity index (χ0v) is 32.3. The van der Waals surface area contributed by atoms with Gasteiger partial charge in [0.25, 0.3) is 0 Å². The lowest BCUT2D eigenvalue weighted by Gasteiger charge is -2.11.